The molecule has 0 amide bonds. The zero-order valence-corrected chi connectivity index (χ0v) is 11.8. The summed E-state index contributed by atoms with van der Waals surface area (Å²) in [6.45, 7) is 2.66. The molecule has 1 aliphatic heterocycles. The highest BCUT2D eigenvalue weighted by Gasteiger charge is 2.35. The highest BCUT2D eigenvalue weighted by molar-refractivity contribution is 4.90. The van der Waals surface area contributed by atoms with Crippen LogP contribution < -0.4 is 5.73 Å². The molecule has 1 saturated heterocycles. The third-order valence-corrected chi connectivity index (χ3v) is 5.80. The molecule has 2 nitrogen and oxygen atoms in total. The summed E-state index contributed by atoms with van der Waals surface area (Å²) in [5.41, 5.74) is 6.34. The molecule has 104 valence electrons. The Hall–Kier alpha value is -0.0800. The largest absolute Gasteiger partial charge is 0.327 e. The second-order valence-electron chi connectivity index (χ2n) is 6.96. The van der Waals surface area contributed by atoms with Gasteiger partial charge in [0.05, 0.1) is 0 Å². The molecule has 0 aromatic rings. The summed E-state index contributed by atoms with van der Waals surface area (Å²) in [5.74, 6) is 1.81. The second kappa shape index (κ2) is 5.92. The molecule has 2 saturated carbocycles. The smallest absolute Gasteiger partial charge is 0.0124 e. The van der Waals surface area contributed by atoms with E-state index < -0.39 is 0 Å². The first kappa shape index (κ1) is 12.9. The van der Waals surface area contributed by atoms with E-state index in [2.05, 4.69) is 4.90 Å². The van der Waals surface area contributed by atoms with Gasteiger partial charge in [0.15, 0.2) is 0 Å². The number of nitrogens with two attached hydrogens (primary N) is 1. The van der Waals surface area contributed by atoms with Crippen LogP contribution in [0.25, 0.3) is 0 Å². The van der Waals surface area contributed by atoms with E-state index in [-0.39, 0.29) is 0 Å². The van der Waals surface area contributed by atoms with E-state index in [0.717, 1.165) is 17.9 Å². The standard InChI is InChI=1S/C16H30N2/c17-15-9-3-1-7-14(15)12-18-11-5-8-13-6-2-4-10-16(13)18/h13-16H,1-12,17H2/t13-,14?,15?,16-/m1/s1. The van der Waals surface area contributed by atoms with Crippen LogP contribution in [0.15, 0.2) is 0 Å². The molecule has 3 rings (SSSR count). The fourth-order valence-corrected chi connectivity index (χ4v) is 4.72. The first-order chi connectivity index (χ1) is 8.84. The number of rotatable bonds is 2. The number of fused-ring (bicyclic) bond motifs is 1. The van der Waals surface area contributed by atoms with Gasteiger partial charge in [-0.2, -0.15) is 0 Å². The van der Waals surface area contributed by atoms with Crippen molar-refractivity contribution in [3.8, 4) is 0 Å². The maximum atomic E-state index is 6.34. The Balaban J connectivity index is 1.60. The predicted molar refractivity (Wildman–Crippen MR) is 76.5 cm³/mol. The van der Waals surface area contributed by atoms with Gasteiger partial charge in [-0.25, -0.2) is 0 Å². The zero-order valence-electron chi connectivity index (χ0n) is 11.8. The molecule has 0 spiro atoms. The number of hydrogen-bond acceptors (Lipinski definition) is 2. The molecule has 3 fully saturated rings. The quantitative estimate of drug-likeness (QED) is 0.815. The Morgan fingerprint density at radius 3 is 2.44 bits per heavy atom. The van der Waals surface area contributed by atoms with Gasteiger partial charge in [0.25, 0.3) is 0 Å². The van der Waals surface area contributed by atoms with Crippen molar-refractivity contribution in [2.24, 2.45) is 17.6 Å². The summed E-state index contributed by atoms with van der Waals surface area (Å²) >= 11 is 0. The van der Waals surface area contributed by atoms with Gasteiger partial charge in [0.1, 0.15) is 0 Å². The molecule has 2 unspecified atom stereocenters. The molecule has 1 heterocycles. The lowest BCUT2D eigenvalue weighted by Crippen LogP contribution is -2.51. The third-order valence-electron chi connectivity index (χ3n) is 5.80. The van der Waals surface area contributed by atoms with Crippen molar-refractivity contribution in [2.75, 3.05) is 13.1 Å². The van der Waals surface area contributed by atoms with Crippen molar-refractivity contribution in [3.05, 3.63) is 0 Å². The molecular formula is C16H30N2. The van der Waals surface area contributed by atoms with Crippen LogP contribution in [0.4, 0.5) is 0 Å². The molecule has 0 aromatic carbocycles. The van der Waals surface area contributed by atoms with Gasteiger partial charge in [0, 0.05) is 18.6 Å². The van der Waals surface area contributed by atoms with Crippen LogP contribution in [-0.2, 0) is 0 Å². The van der Waals surface area contributed by atoms with Crippen molar-refractivity contribution in [2.45, 2.75) is 76.3 Å². The number of likely N-dealkylation sites (tertiary alicyclic amines) is 1. The Morgan fingerprint density at radius 2 is 1.56 bits per heavy atom. The number of nitrogens with zero attached hydrogens (tertiary/aromatic N) is 1. The Labute approximate surface area is 112 Å². The lowest BCUT2D eigenvalue weighted by atomic mass is 9.77. The van der Waals surface area contributed by atoms with E-state index in [9.17, 15) is 0 Å². The number of piperidine rings is 1. The van der Waals surface area contributed by atoms with Crippen molar-refractivity contribution in [1.29, 1.82) is 0 Å². The fraction of sp³-hybridized carbons (Fsp3) is 1.00. The third kappa shape index (κ3) is 2.75. The zero-order chi connectivity index (χ0) is 12.4. The average molecular weight is 250 g/mol. The van der Waals surface area contributed by atoms with Crippen LogP contribution in [0.1, 0.15) is 64.2 Å². The number of hydrogen-bond donors (Lipinski definition) is 1. The first-order valence-corrected chi connectivity index (χ1v) is 8.34. The van der Waals surface area contributed by atoms with Crippen LogP contribution in [0, 0.1) is 11.8 Å². The SMILES string of the molecule is NC1CCCCC1CN1CCC[C@H]2CCCC[C@H]21. The fourth-order valence-electron chi connectivity index (χ4n) is 4.72. The van der Waals surface area contributed by atoms with Gasteiger partial charge in [-0.3, -0.25) is 4.90 Å². The molecule has 0 aromatic heterocycles. The van der Waals surface area contributed by atoms with Crippen LogP contribution in [0.5, 0.6) is 0 Å². The molecule has 2 N–H and O–H groups in total. The van der Waals surface area contributed by atoms with Crippen molar-refractivity contribution in [3.63, 3.8) is 0 Å². The highest BCUT2D eigenvalue weighted by atomic mass is 15.2. The Bertz CT molecular complexity index is 264. The van der Waals surface area contributed by atoms with Crippen molar-refractivity contribution >= 4 is 0 Å². The van der Waals surface area contributed by atoms with Crippen molar-refractivity contribution < 1.29 is 0 Å². The minimum absolute atomic E-state index is 0.489. The Morgan fingerprint density at radius 1 is 0.833 bits per heavy atom. The van der Waals surface area contributed by atoms with Crippen LogP contribution in [0.3, 0.4) is 0 Å². The van der Waals surface area contributed by atoms with Gasteiger partial charge >= 0.3 is 0 Å². The normalized spacial score (nSPS) is 42.5. The topological polar surface area (TPSA) is 29.3 Å². The molecule has 3 aliphatic rings. The maximum Gasteiger partial charge on any atom is 0.0124 e. The minimum Gasteiger partial charge on any atom is -0.327 e. The molecular weight excluding hydrogens is 220 g/mol. The van der Waals surface area contributed by atoms with Crippen molar-refractivity contribution in [1.82, 2.24) is 4.90 Å². The second-order valence-corrected chi connectivity index (χ2v) is 6.96. The summed E-state index contributed by atoms with van der Waals surface area (Å²) in [4.78, 5) is 2.84. The van der Waals surface area contributed by atoms with Crippen LogP contribution in [-0.4, -0.2) is 30.1 Å². The van der Waals surface area contributed by atoms with Gasteiger partial charge in [-0.1, -0.05) is 25.7 Å². The van der Waals surface area contributed by atoms with E-state index in [4.69, 9.17) is 5.73 Å². The summed E-state index contributed by atoms with van der Waals surface area (Å²) in [7, 11) is 0. The van der Waals surface area contributed by atoms with Gasteiger partial charge < -0.3 is 5.73 Å². The highest BCUT2D eigenvalue weighted by Crippen LogP contribution is 2.36. The Kier molecular flexibility index (Phi) is 4.25. The summed E-state index contributed by atoms with van der Waals surface area (Å²) < 4.78 is 0. The summed E-state index contributed by atoms with van der Waals surface area (Å²) in [6, 6.07) is 1.41. The maximum absolute atomic E-state index is 6.34. The van der Waals surface area contributed by atoms with Crippen LogP contribution >= 0.6 is 0 Å². The summed E-state index contributed by atoms with van der Waals surface area (Å²) in [5, 5.41) is 0. The van der Waals surface area contributed by atoms with E-state index in [1.165, 1.54) is 77.3 Å². The van der Waals surface area contributed by atoms with E-state index >= 15 is 0 Å². The van der Waals surface area contributed by atoms with Gasteiger partial charge in [-0.05, 0) is 56.9 Å². The first-order valence-electron chi connectivity index (χ1n) is 8.34. The molecule has 2 heteroatoms. The van der Waals surface area contributed by atoms with Crippen LogP contribution in [0.2, 0.25) is 0 Å². The van der Waals surface area contributed by atoms with E-state index in [1.807, 2.05) is 0 Å². The summed E-state index contributed by atoms with van der Waals surface area (Å²) in [6.07, 6.45) is 14.3. The average Bonchev–Trinajstić information content (AvgIpc) is 2.42. The predicted octanol–water partition coefficient (Wildman–Crippen LogP) is 3.16. The van der Waals surface area contributed by atoms with E-state index in [1.54, 1.807) is 0 Å². The molecule has 2 aliphatic carbocycles. The lowest BCUT2D eigenvalue weighted by molar-refractivity contribution is 0.0396. The molecule has 0 radical (unpaired) electrons. The van der Waals surface area contributed by atoms with Gasteiger partial charge in [0.2, 0.25) is 0 Å². The monoisotopic (exact) mass is 250 g/mol. The lowest BCUT2D eigenvalue weighted by Gasteiger charge is -2.46. The molecule has 4 atom stereocenters. The molecule has 0 bridgehead atoms. The van der Waals surface area contributed by atoms with Gasteiger partial charge in [-0.15, -0.1) is 0 Å². The molecule has 18 heavy (non-hydrogen) atoms. The van der Waals surface area contributed by atoms with E-state index in [0.29, 0.717) is 6.04 Å². The minimum atomic E-state index is 0.489.